The molecule has 2 aromatic carbocycles. The molecule has 0 radical (unpaired) electrons. The summed E-state index contributed by atoms with van der Waals surface area (Å²) in [5.41, 5.74) is 1.71. The molecule has 7 heteroatoms. The molecule has 2 amide bonds. The third-order valence-corrected chi connectivity index (χ3v) is 5.01. The Morgan fingerprint density at radius 1 is 1.31 bits per heavy atom. The van der Waals surface area contributed by atoms with Gasteiger partial charge in [0.15, 0.2) is 0 Å². The number of fused-ring (bicyclic) bond motifs is 1. The maximum atomic E-state index is 12.8. The van der Waals surface area contributed by atoms with Crippen molar-refractivity contribution in [3.05, 3.63) is 68.0 Å². The van der Waals surface area contributed by atoms with Crippen molar-refractivity contribution in [2.75, 3.05) is 11.4 Å². The van der Waals surface area contributed by atoms with E-state index in [-0.39, 0.29) is 29.1 Å². The zero-order valence-electron chi connectivity index (χ0n) is 15.0. The van der Waals surface area contributed by atoms with E-state index in [2.05, 4.69) is 0 Å². The lowest BCUT2D eigenvalue weighted by atomic mass is 9.95. The molecule has 1 aliphatic rings. The average Bonchev–Trinajstić information content (AvgIpc) is 3.32. The minimum Gasteiger partial charge on any atom is -0.322 e. The van der Waals surface area contributed by atoms with Crippen LogP contribution in [0.25, 0.3) is 0 Å². The number of allylic oxidation sites excluding steroid dienone is 1. The normalized spacial score (nSPS) is 17.2. The summed E-state index contributed by atoms with van der Waals surface area (Å²) in [5.74, 6) is -0.263. The van der Waals surface area contributed by atoms with E-state index in [1.165, 1.54) is 17.0 Å². The van der Waals surface area contributed by atoms with Crippen LogP contribution < -0.4 is 10.3 Å². The Labute approximate surface area is 151 Å². The Kier molecular flexibility index (Phi) is 4.63. The fourth-order valence-corrected chi connectivity index (χ4v) is 3.28. The van der Waals surface area contributed by atoms with Gasteiger partial charge in [0.2, 0.25) is 5.43 Å². The first-order valence-electron chi connectivity index (χ1n) is 8.72. The van der Waals surface area contributed by atoms with E-state index in [0.717, 1.165) is 12.0 Å². The molecule has 3 rings (SSSR count). The van der Waals surface area contributed by atoms with E-state index in [1.807, 2.05) is 20.8 Å². The number of urea groups is 1. The molecule has 0 bridgehead atoms. The maximum Gasteiger partial charge on any atom is 0.328 e. The Balaban J connectivity index is 1.85. The predicted molar refractivity (Wildman–Crippen MR) is 99.2 cm³/mol. The zero-order valence-corrected chi connectivity index (χ0v) is 15.0. The van der Waals surface area contributed by atoms with Crippen LogP contribution in [0.2, 0.25) is 0 Å². The van der Waals surface area contributed by atoms with Gasteiger partial charge < -0.3 is 4.90 Å². The molecule has 0 aliphatic carbocycles. The Morgan fingerprint density at radius 3 is 2.50 bits per heavy atom. The summed E-state index contributed by atoms with van der Waals surface area (Å²) in [4.78, 5) is 38.6. The number of hydrogen-bond donors (Lipinski definition) is 0. The van der Waals surface area contributed by atoms with Crippen LogP contribution in [0.5, 0.6) is 0 Å². The second kappa shape index (κ2) is 6.74. The van der Waals surface area contributed by atoms with Crippen LogP contribution in [0.3, 0.4) is 0 Å². The summed E-state index contributed by atoms with van der Waals surface area (Å²) < 4.78 is 0. The number of carbonyl (C=O) groups excluding carboxylic acids is 1. The fraction of sp³-hybridized carbons (Fsp3) is 0.368. The average molecular weight is 355 g/mol. The summed E-state index contributed by atoms with van der Waals surface area (Å²) in [6, 6.07) is 6.05. The predicted octanol–water partition coefficient (Wildman–Crippen LogP) is 3.54. The van der Waals surface area contributed by atoms with E-state index < -0.39 is 4.92 Å². The highest BCUT2D eigenvalue weighted by molar-refractivity contribution is 5.99. The first-order valence-corrected chi connectivity index (χ1v) is 8.72. The molecule has 0 fully saturated rings. The van der Waals surface area contributed by atoms with Gasteiger partial charge in [0.1, 0.15) is 5.69 Å². The van der Waals surface area contributed by atoms with Gasteiger partial charge in [-0.05, 0) is 25.8 Å². The molecule has 0 N–H and O–H groups in total. The third kappa shape index (κ3) is 2.89. The minimum absolute atomic E-state index is 0.00816. The van der Waals surface area contributed by atoms with Crippen molar-refractivity contribution in [2.45, 2.75) is 39.2 Å². The van der Waals surface area contributed by atoms with Crippen molar-refractivity contribution >= 4 is 17.4 Å². The topological polar surface area (TPSA) is 83.8 Å². The van der Waals surface area contributed by atoms with Crippen LogP contribution >= 0.6 is 0 Å². The second-order valence-electron chi connectivity index (χ2n) is 6.46. The van der Waals surface area contributed by atoms with Crippen LogP contribution in [0.15, 0.2) is 41.3 Å². The van der Waals surface area contributed by atoms with Crippen LogP contribution in [-0.2, 0) is 0 Å². The first-order chi connectivity index (χ1) is 12.4. The first kappa shape index (κ1) is 17.8. The molecular formula is C19H21N3O4. The molecule has 1 heterocycles. The van der Waals surface area contributed by atoms with E-state index >= 15 is 0 Å². The second-order valence-corrected chi connectivity index (χ2v) is 6.46. The lowest BCUT2D eigenvalue weighted by Gasteiger charge is -2.31. The standard InChI is InChI=1S/C19H21N3O4/c1-4-12(3)20(5-2)19(24)21-11-10-15(16-17(21)18(16)23)13-6-8-14(9-7-13)22(25)26/h6-12,15H,4-5H2,1-3H3. The van der Waals surface area contributed by atoms with Gasteiger partial charge in [-0.3, -0.25) is 19.8 Å². The van der Waals surface area contributed by atoms with Crippen molar-refractivity contribution in [3.63, 3.8) is 0 Å². The third-order valence-electron chi connectivity index (χ3n) is 5.01. The smallest absolute Gasteiger partial charge is 0.322 e. The largest absolute Gasteiger partial charge is 0.328 e. The molecule has 7 nitrogen and oxygen atoms in total. The van der Waals surface area contributed by atoms with Crippen molar-refractivity contribution in [1.29, 1.82) is 0 Å². The van der Waals surface area contributed by atoms with E-state index in [9.17, 15) is 19.7 Å². The van der Waals surface area contributed by atoms with Gasteiger partial charge in [0, 0.05) is 42.4 Å². The number of anilines is 1. The van der Waals surface area contributed by atoms with Gasteiger partial charge in [-0.25, -0.2) is 4.79 Å². The summed E-state index contributed by atoms with van der Waals surface area (Å²) in [6.45, 7) is 6.49. The summed E-state index contributed by atoms with van der Waals surface area (Å²) in [6.07, 6.45) is 4.28. The fourth-order valence-electron chi connectivity index (χ4n) is 3.28. The van der Waals surface area contributed by atoms with Crippen LogP contribution in [-0.4, -0.2) is 28.4 Å². The van der Waals surface area contributed by atoms with Gasteiger partial charge in [-0.2, -0.15) is 0 Å². The molecule has 26 heavy (non-hydrogen) atoms. The Bertz CT molecular complexity index is 877. The number of amides is 2. The molecule has 1 aliphatic heterocycles. The highest BCUT2D eigenvalue weighted by Gasteiger charge is 2.40. The lowest BCUT2D eigenvalue weighted by molar-refractivity contribution is -0.384. The number of benzene rings is 1. The number of hydrogen-bond acceptors (Lipinski definition) is 4. The molecule has 0 spiro atoms. The molecule has 0 saturated heterocycles. The quantitative estimate of drug-likeness (QED) is 0.607. The Morgan fingerprint density at radius 2 is 1.96 bits per heavy atom. The van der Waals surface area contributed by atoms with Gasteiger partial charge in [0.05, 0.1) is 4.92 Å². The highest BCUT2D eigenvalue weighted by Crippen LogP contribution is 2.40. The highest BCUT2D eigenvalue weighted by atomic mass is 16.6. The number of rotatable bonds is 5. The molecule has 2 unspecified atom stereocenters. The SMILES string of the molecule is CCC(C)N(CC)C(=O)N1C=CC(c2ccc([N+](=O)[O-])cc2)c2c1c2=O. The number of non-ortho nitro benzene ring substituents is 1. The van der Waals surface area contributed by atoms with Gasteiger partial charge >= 0.3 is 6.03 Å². The molecule has 0 saturated carbocycles. The number of nitro benzene ring substituents is 1. The number of nitrogens with zero attached hydrogens (tertiary/aromatic N) is 3. The van der Waals surface area contributed by atoms with Crippen LogP contribution in [0.4, 0.5) is 16.2 Å². The number of carbonyl (C=O) groups is 1. The van der Waals surface area contributed by atoms with Gasteiger partial charge in [0.25, 0.3) is 5.69 Å². The van der Waals surface area contributed by atoms with Gasteiger partial charge in [-0.15, -0.1) is 0 Å². The zero-order chi connectivity index (χ0) is 19.0. The molecule has 136 valence electrons. The lowest BCUT2D eigenvalue weighted by Crippen LogP contribution is -2.45. The summed E-state index contributed by atoms with van der Waals surface area (Å²) in [7, 11) is 0. The van der Waals surface area contributed by atoms with Gasteiger partial charge in [-0.1, -0.05) is 25.1 Å². The Hall–Kier alpha value is -2.96. The van der Waals surface area contributed by atoms with Crippen molar-refractivity contribution < 1.29 is 9.72 Å². The van der Waals surface area contributed by atoms with Crippen LogP contribution in [0, 0.1) is 10.1 Å². The molecule has 0 aromatic heterocycles. The monoisotopic (exact) mass is 355 g/mol. The van der Waals surface area contributed by atoms with E-state index in [0.29, 0.717) is 17.8 Å². The summed E-state index contributed by atoms with van der Waals surface area (Å²) >= 11 is 0. The molecule has 2 atom stereocenters. The van der Waals surface area contributed by atoms with Crippen molar-refractivity contribution in [1.82, 2.24) is 4.90 Å². The maximum absolute atomic E-state index is 12.8. The molecular weight excluding hydrogens is 334 g/mol. The van der Waals surface area contributed by atoms with Crippen molar-refractivity contribution in [2.24, 2.45) is 0 Å². The van der Waals surface area contributed by atoms with E-state index in [4.69, 9.17) is 0 Å². The molecule has 2 aromatic rings. The minimum atomic E-state index is -0.456. The summed E-state index contributed by atoms with van der Waals surface area (Å²) in [5, 5.41) is 10.8. The van der Waals surface area contributed by atoms with Crippen LogP contribution in [0.1, 0.15) is 44.2 Å². The van der Waals surface area contributed by atoms with Crippen molar-refractivity contribution in [3.8, 4) is 0 Å². The number of nitro groups is 1. The van der Waals surface area contributed by atoms with E-state index in [1.54, 1.807) is 29.3 Å².